The summed E-state index contributed by atoms with van der Waals surface area (Å²) in [6.45, 7) is 8.85. The van der Waals surface area contributed by atoms with Crippen LogP contribution < -0.4 is 10.1 Å². The number of carbonyl (C=O) groups is 2. The number of hydrogen-bond donors (Lipinski definition) is 1. The lowest BCUT2D eigenvalue weighted by molar-refractivity contribution is -0.142. The Bertz CT molecular complexity index is 772. The van der Waals surface area contributed by atoms with E-state index in [4.69, 9.17) is 4.74 Å². The second kappa shape index (κ2) is 11.2. The highest BCUT2D eigenvalue weighted by Crippen LogP contribution is 2.19. The monoisotopic (exact) mass is 396 g/mol. The largest absolute Gasteiger partial charge is 0.484 e. The van der Waals surface area contributed by atoms with E-state index in [9.17, 15) is 9.59 Å². The number of benzene rings is 2. The van der Waals surface area contributed by atoms with Crippen LogP contribution in [0.4, 0.5) is 0 Å². The van der Waals surface area contributed by atoms with Crippen LogP contribution in [0.3, 0.4) is 0 Å². The van der Waals surface area contributed by atoms with Gasteiger partial charge in [-0.1, -0.05) is 63.2 Å². The average molecular weight is 397 g/mol. The molecule has 29 heavy (non-hydrogen) atoms. The third-order valence-corrected chi connectivity index (χ3v) is 4.82. The lowest BCUT2D eigenvalue weighted by Crippen LogP contribution is -2.49. The predicted octanol–water partition coefficient (Wildman–Crippen LogP) is 4.13. The van der Waals surface area contributed by atoms with Crippen molar-refractivity contribution >= 4 is 11.8 Å². The highest BCUT2D eigenvalue weighted by atomic mass is 16.5. The van der Waals surface area contributed by atoms with E-state index in [1.165, 1.54) is 5.56 Å². The predicted molar refractivity (Wildman–Crippen MR) is 116 cm³/mol. The summed E-state index contributed by atoms with van der Waals surface area (Å²) < 4.78 is 5.71. The highest BCUT2D eigenvalue weighted by Gasteiger charge is 2.26. The van der Waals surface area contributed by atoms with E-state index in [1.54, 1.807) is 11.8 Å². The van der Waals surface area contributed by atoms with Gasteiger partial charge < -0.3 is 15.0 Å². The molecule has 0 fully saturated rings. The first-order valence-corrected chi connectivity index (χ1v) is 10.3. The molecule has 2 amide bonds. The van der Waals surface area contributed by atoms with Gasteiger partial charge in [-0.15, -0.1) is 0 Å². The molecule has 2 rings (SSSR count). The van der Waals surface area contributed by atoms with Crippen LogP contribution in [0.15, 0.2) is 54.6 Å². The number of hydrogen-bond acceptors (Lipinski definition) is 3. The van der Waals surface area contributed by atoms with Gasteiger partial charge in [0, 0.05) is 13.1 Å². The summed E-state index contributed by atoms with van der Waals surface area (Å²) in [6.07, 6.45) is 0.848. The number of nitrogens with zero attached hydrogens (tertiary/aromatic N) is 1. The lowest BCUT2D eigenvalue weighted by Gasteiger charge is -2.28. The Morgan fingerprint density at radius 3 is 2.24 bits per heavy atom. The van der Waals surface area contributed by atoms with Gasteiger partial charge in [0.1, 0.15) is 11.8 Å². The van der Waals surface area contributed by atoms with Gasteiger partial charge in [0.15, 0.2) is 6.61 Å². The van der Waals surface area contributed by atoms with Crippen molar-refractivity contribution in [3.63, 3.8) is 0 Å². The molecule has 0 aliphatic heterocycles. The Kier molecular flexibility index (Phi) is 8.71. The smallest absolute Gasteiger partial charge is 0.261 e. The maximum atomic E-state index is 12.9. The molecule has 2 aromatic rings. The van der Waals surface area contributed by atoms with Crippen LogP contribution in [0.2, 0.25) is 0 Å². The summed E-state index contributed by atoms with van der Waals surface area (Å²) in [5, 5.41) is 2.87. The molecule has 0 bridgehead atoms. The molecule has 5 nitrogen and oxygen atoms in total. The SMILES string of the molecule is CCCNC(=O)[C@@H](C)N(Cc1ccccc1)C(=O)COc1ccc(C(C)C)cc1. The van der Waals surface area contributed by atoms with Gasteiger partial charge in [-0.2, -0.15) is 0 Å². The van der Waals surface area contributed by atoms with E-state index >= 15 is 0 Å². The topological polar surface area (TPSA) is 58.6 Å². The number of rotatable bonds is 10. The highest BCUT2D eigenvalue weighted by molar-refractivity contribution is 5.87. The van der Waals surface area contributed by atoms with E-state index in [0.29, 0.717) is 24.8 Å². The van der Waals surface area contributed by atoms with E-state index < -0.39 is 6.04 Å². The van der Waals surface area contributed by atoms with Crippen molar-refractivity contribution < 1.29 is 14.3 Å². The van der Waals surface area contributed by atoms with Crippen molar-refractivity contribution in [2.75, 3.05) is 13.2 Å². The minimum absolute atomic E-state index is 0.112. The molecule has 5 heteroatoms. The second-order valence-corrected chi connectivity index (χ2v) is 7.49. The maximum absolute atomic E-state index is 12.9. The van der Waals surface area contributed by atoms with Crippen LogP contribution in [0.5, 0.6) is 5.75 Å². The molecule has 0 heterocycles. The number of carbonyl (C=O) groups excluding carboxylic acids is 2. The van der Waals surface area contributed by atoms with Crippen LogP contribution in [0, 0.1) is 0 Å². The normalized spacial score (nSPS) is 11.8. The molecule has 2 aromatic carbocycles. The molecule has 1 atom stereocenters. The summed E-state index contributed by atoms with van der Waals surface area (Å²) in [7, 11) is 0. The summed E-state index contributed by atoms with van der Waals surface area (Å²) in [5.41, 5.74) is 2.19. The fraction of sp³-hybridized carbons (Fsp3) is 0.417. The Morgan fingerprint density at radius 2 is 1.66 bits per heavy atom. The zero-order valence-electron chi connectivity index (χ0n) is 17.9. The zero-order chi connectivity index (χ0) is 21.2. The van der Waals surface area contributed by atoms with Gasteiger partial charge in [0.05, 0.1) is 0 Å². The minimum Gasteiger partial charge on any atom is -0.484 e. The van der Waals surface area contributed by atoms with Gasteiger partial charge in [-0.05, 0) is 42.5 Å². The van der Waals surface area contributed by atoms with Crippen LogP contribution in [-0.4, -0.2) is 35.9 Å². The van der Waals surface area contributed by atoms with Crippen molar-refractivity contribution in [1.82, 2.24) is 10.2 Å². The molecule has 0 radical (unpaired) electrons. The molecule has 0 spiro atoms. The number of nitrogens with one attached hydrogen (secondary N) is 1. The Balaban J connectivity index is 2.07. The van der Waals surface area contributed by atoms with Gasteiger partial charge in [-0.3, -0.25) is 9.59 Å². The van der Waals surface area contributed by atoms with Gasteiger partial charge >= 0.3 is 0 Å². The minimum atomic E-state index is -0.582. The fourth-order valence-corrected chi connectivity index (χ4v) is 2.94. The lowest BCUT2D eigenvalue weighted by atomic mass is 10.0. The first-order chi connectivity index (χ1) is 13.9. The van der Waals surface area contributed by atoms with E-state index in [-0.39, 0.29) is 18.4 Å². The molecule has 0 aliphatic carbocycles. The zero-order valence-corrected chi connectivity index (χ0v) is 17.9. The molecule has 0 aromatic heterocycles. The molecule has 0 saturated carbocycles. The van der Waals surface area contributed by atoms with Crippen molar-refractivity contribution in [1.29, 1.82) is 0 Å². The fourth-order valence-electron chi connectivity index (χ4n) is 2.94. The van der Waals surface area contributed by atoms with Crippen molar-refractivity contribution in [2.24, 2.45) is 0 Å². The number of amides is 2. The third-order valence-electron chi connectivity index (χ3n) is 4.82. The van der Waals surface area contributed by atoms with Gasteiger partial charge in [0.25, 0.3) is 5.91 Å². The van der Waals surface area contributed by atoms with E-state index in [1.807, 2.05) is 61.5 Å². The molecule has 1 N–H and O–H groups in total. The average Bonchev–Trinajstić information content (AvgIpc) is 2.74. The van der Waals surface area contributed by atoms with E-state index in [0.717, 1.165) is 12.0 Å². The molecule has 0 saturated heterocycles. The third kappa shape index (κ3) is 6.93. The van der Waals surface area contributed by atoms with Gasteiger partial charge in [-0.25, -0.2) is 0 Å². The molecular weight excluding hydrogens is 364 g/mol. The first kappa shape index (κ1) is 22.5. The molecule has 0 aliphatic rings. The Hall–Kier alpha value is -2.82. The summed E-state index contributed by atoms with van der Waals surface area (Å²) in [4.78, 5) is 27.0. The molecule has 0 unspecified atom stereocenters. The van der Waals surface area contributed by atoms with Crippen molar-refractivity contribution in [3.8, 4) is 5.75 Å². The molecule has 156 valence electrons. The van der Waals surface area contributed by atoms with E-state index in [2.05, 4.69) is 19.2 Å². The summed E-state index contributed by atoms with van der Waals surface area (Å²) in [5.74, 6) is 0.707. The number of ether oxygens (including phenoxy) is 1. The van der Waals surface area contributed by atoms with Gasteiger partial charge in [0.2, 0.25) is 5.91 Å². The standard InChI is InChI=1S/C24H32N2O3/c1-5-15-25-24(28)19(4)26(16-20-9-7-6-8-10-20)23(27)17-29-22-13-11-21(12-14-22)18(2)3/h6-14,18-19H,5,15-17H2,1-4H3,(H,25,28)/t19-/m1/s1. The van der Waals surface area contributed by atoms with Crippen molar-refractivity contribution in [3.05, 3.63) is 65.7 Å². The Labute approximate surface area is 174 Å². The van der Waals surface area contributed by atoms with Crippen LogP contribution in [0.25, 0.3) is 0 Å². The Morgan fingerprint density at radius 1 is 1.00 bits per heavy atom. The summed E-state index contributed by atoms with van der Waals surface area (Å²) in [6, 6.07) is 16.9. The first-order valence-electron chi connectivity index (χ1n) is 10.3. The summed E-state index contributed by atoms with van der Waals surface area (Å²) >= 11 is 0. The second-order valence-electron chi connectivity index (χ2n) is 7.49. The van der Waals surface area contributed by atoms with Crippen molar-refractivity contribution in [2.45, 2.75) is 52.6 Å². The van der Waals surface area contributed by atoms with Crippen LogP contribution >= 0.6 is 0 Å². The maximum Gasteiger partial charge on any atom is 0.261 e. The quantitative estimate of drug-likeness (QED) is 0.657. The molecular formula is C24H32N2O3. The van der Waals surface area contributed by atoms with Crippen LogP contribution in [-0.2, 0) is 16.1 Å². The van der Waals surface area contributed by atoms with Crippen LogP contribution in [0.1, 0.15) is 51.2 Å².